The summed E-state index contributed by atoms with van der Waals surface area (Å²) in [5.41, 5.74) is 1.92. The maximum absolute atomic E-state index is 12.1. The largest absolute Gasteiger partial charge is 0.390 e. The molecule has 0 saturated heterocycles. The molecule has 0 aliphatic heterocycles. The molecule has 0 fully saturated rings. The molecule has 1 aromatic heterocycles. The van der Waals surface area contributed by atoms with E-state index in [4.69, 9.17) is 0 Å². The Labute approximate surface area is 132 Å². The summed E-state index contributed by atoms with van der Waals surface area (Å²) in [7, 11) is 1.52. The molecule has 0 unspecified atom stereocenters. The molecular formula is C15H18F3N5. The van der Waals surface area contributed by atoms with Crippen LogP contribution in [0, 0.1) is 0 Å². The van der Waals surface area contributed by atoms with Crippen LogP contribution in [0.4, 0.5) is 13.2 Å². The standard InChI is InChI=1S/C15H18F3N5/c1-19-14(20-9-7-15(16,17)18)21-11-12-3-5-13(6-4-12)23-10-2-8-22-23/h2-6,8,10H,7,9,11H2,1H3,(H2,19,20,21). The van der Waals surface area contributed by atoms with Gasteiger partial charge in [-0.05, 0) is 23.8 Å². The van der Waals surface area contributed by atoms with E-state index in [0.29, 0.717) is 12.5 Å². The number of aliphatic imine (C=N–C) groups is 1. The van der Waals surface area contributed by atoms with Gasteiger partial charge in [-0.2, -0.15) is 18.3 Å². The van der Waals surface area contributed by atoms with Gasteiger partial charge in [0.1, 0.15) is 0 Å². The van der Waals surface area contributed by atoms with E-state index in [2.05, 4.69) is 20.7 Å². The molecule has 0 aliphatic rings. The Morgan fingerprint density at radius 3 is 2.52 bits per heavy atom. The maximum atomic E-state index is 12.1. The predicted octanol–water partition coefficient (Wildman–Crippen LogP) is 2.49. The lowest BCUT2D eigenvalue weighted by Crippen LogP contribution is -2.38. The first-order chi connectivity index (χ1) is 11.0. The fourth-order valence-electron chi connectivity index (χ4n) is 1.92. The van der Waals surface area contributed by atoms with E-state index < -0.39 is 12.6 Å². The summed E-state index contributed by atoms with van der Waals surface area (Å²) >= 11 is 0. The Bertz CT molecular complexity index is 618. The molecule has 2 aromatic rings. The van der Waals surface area contributed by atoms with Gasteiger partial charge in [-0.25, -0.2) is 4.68 Å². The van der Waals surface area contributed by atoms with Gasteiger partial charge >= 0.3 is 6.18 Å². The summed E-state index contributed by atoms with van der Waals surface area (Å²) in [5, 5.41) is 9.75. The van der Waals surface area contributed by atoms with Crippen LogP contribution in [0.5, 0.6) is 0 Å². The van der Waals surface area contributed by atoms with Crippen LogP contribution in [0.25, 0.3) is 5.69 Å². The zero-order valence-corrected chi connectivity index (χ0v) is 12.6. The van der Waals surface area contributed by atoms with Gasteiger partial charge in [0.05, 0.1) is 12.1 Å². The molecule has 8 heteroatoms. The van der Waals surface area contributed by atoms with Crippen LogP contribution in [0.2, 0.25) is 0 Å². The maximum Gasteiger partial charge on any atom is 0.390 e. The molecule has 2 N–H and O–H groups in total. The molecule has 124 valence electrons. The number of alkyl halides is 3. The molecule has 0 spiro atoms. The van der Waals surface area contributed by atoms with E-state index in [1.54, 1.807) is 10.9 Å². The summed E-state index contributed by atoms with van der Waals surface area (Å²) in [6.07, 6.45) is -1.52. The number of rotatable bonds is 5. The highest BCUT2D eigenvalue weighted by atomic mass is 19.4. The first kappa shape index (κ1) is 16.9. The number of nitrogens with zero attached hydrogens (tertiary/aromatic N) is 3. The van der Waals surface area contributed by atoms with Crippen LogP contribution in [0.1, 0.15) is 12.0 Å². The van der Waals surface area contributed by atoms with Crippen molar-refractivity contribution in [3.63, 3.8) is 0 Å². The fourth-order valence-corrected chi connectivity index (χ4v) is 1.92. The topological polar surface area (TPSA) is 54.2 Å². The van der Waals surface area contributed by atoms with Gasteiger partial charge in [-0.15, -0.1) is 0 Å². The fraction of sp³-hybridized carbons (Fsp3) is 0.333. The average Bonchev–Trinajstić information content (AvgIpc) is 3.04. The number of nitrogens with one attached hydrogen (secondary N) is 2. The lowest BCUT2D eigenvalue weighted by atomic mass is 10.2. The van der Waals surface area contributed by atoms with Crippen LogP contribution >= 0.6 is 0 Å². The SMILES string of the molecule is CN=C(NCCC(F)(F)F)NCc1ccc(-n2cccn2)cc1. The number of hydrogen-bond donors (Lipinski definition) is 2. The van der Waals surface area contributed by atoms with Crippen LogP contribution in [-0.2, 0) is 6.54 Å². The molecule has 23 heavy (non-hydrogen) atoms. The summed E-state index contributed by atoms with van der Waals surface area (Å²) in [6, 6.07) is 9.53. The molecular weight excluding hydrogens is 307 g/mol. The minimum Gasteiger partial charge on any atom is -0.356 e. The van der Waals surface area contributed by atoms with Crippen LogP contribution in [-0.4, -0.2) is 35.5 Å². The minimum atomic E-state index is -4.17. The molecule has 0 atom stereocenters. The quantitative estimate of drug-likeness (QED) is 0.656. The monoisotopic (exact) mass is 325 g/mol. The summed E-state index contributed by atoms with van der Waals surface area (Å²) in [5.74, 6) is 0.338. The highest BCUT2D eigenvalue weighted by molar-refractivity contribution is 5.79. The number of halogens is 3. The Hall–Kier alpha value is -2.51. The molecule has 0 bridgehead atoms. The molecule has 5 nitrogen and oxygen atoms in total. The zero-order chi connectivity index (χ0) is 16.7. The Morgan fingerprint density at radius 1 is 1.22 bits per heavy atom. The highest BCUT2D eigenvalue weighted by Gasteiger charge is 2.26. The minimum absolute atomic E-state index is 0.207. The second-order valence-electron chi connectivity index (χ2n) is 4.83. The van der Waals surface area contributed by atoms with Crippen LogP contribution in [0.3, 0.4) is 0 Å². The van der Waals surface area contributed by atoms with E-state index >= 15 is 0 Å². The highest BCUT2D eigenvalue weighted by Crippen LogP contribution is 2.18. The van der Waals surface area contributed by atoms with Crippen LogP contribution < -0.4 is 10.6 Å². The summed E-state index contributed by atoms with van der Waals surface area (Å²) in [6.45, 7) is 0.256. The third kappa shape index (κ3) is 5.65. The van der Waals surface area contributed by atoms with Gasteiger partial charge < -0.3 is 10.6 Å². The first-order valence-electron chi connectivity index (χ1n) is 7.08. The Kier molecular flexibility index (Phi) is 5.61. The average molecular weight is 325 g/mol. The van der Waals surface area contributed by atoms with Crippen molar-refractivity contribution < 1.29 is 13.2 Å². The van der Waals surface area contributed by atoms with E-state index in [1.165, 1.54) is 7.05 Å². The van der Waals surface area contributed by atoms with Gasteiger partial charge in [0.25, 0.3) is 0 Å². The number of hydrogen-bond acceptors (Lipinski definition) is 2. The third-order valence-electron chi connectivity index (χ3n) is 3.09. The predicted molar refractivity (Wildman–Crippen MR) is 82.4 cm³/mol. The van der Waals surface area contributed by atoms with Gasteiger partial charge in [-0.3, -0.25) is 4.99 Å². The van der Waals surface area contributed by atoms with E-state index in [9.17, 15) is 13.2 Å². The lowest BCUT2D eigenvalue weighted by Gasteiger charge is -2.13. The summed E-state index contributed by atoms with van der Waals surface area (Å²) < 4.78 is 38.1. The zero-order valence-electron chi connectivity index (χ0n) is 12.6. The molecule has 0 amide bonds. The smallest absolute Gasteiger partial charge is 0.356 e. The number of benzene rings is 1. The van der Waals surface area contributed by atoms with Crippen molar-refractivity contribution in [1.82, 2.24) is 20.4 Å². The van der Waals surface area contributed by atoms with Gasteiger partial charge in [0.15, 0.2) is 5.96 Å². The third-order valence-corrected chi connectivity index (χ3v) is 3.09. The van der Waals surface area contributed by atoms with Crippen molar-refractivity contribution >= 4 is 5.96 Å². The van der Waals surface area contributed by atoms with Crippen molar-refractivity contribution in [1.29, 1.82) is 0 Å². The van der Waals surface area contributed by atoms with E-state index in [1.807, 2.05) is 36.5 Å². The molecule has 2 rings (SSSR count). The molecule has 1 heterocycles. The second-order valence-corrected chi connectivity index (χ2v) is 4.83. The van der Waals surface area contributed by atoms with Gasteiger partial charge in [-0.1, -0.05) is 12.1 Å². The van der Waals surface area contributed by atoms with Crippen molar-refractivity contribution in [2.75, 3.05) is 13.6 Å². The van der Waals surface area contributed by atoms with Gasteiger partial charge in [0.2, 0.25) is 0 Å². The lowest BCUT2D eigenvalue weighted by molar-refractivity contribution is -0.132. The van der Waals surface area contributed by atoms with Crippen molar-refractivity contribution in [2.24, 2.45) is 4.99 Å². The number of guanidine groups is 1. The molecule has 1 aromatic carbocycles. The van der Waals surface area contributed by atoms with E-state index in [-0.39, 0.29) is 6.54 Å². The number of aromatic nitrogens is 2. The van der Waals surface area contributed by atoms with Crippen molar-refractivity contribution in [3.8, 4) is 5.69 Å². The molecule has 0 saturated carbocycles. The molecule has 0 aliphatic carbocycles. The Balaban J connectivity index is 1.82. The normalized spacial score (nSPS) is 12.3. The molecule has 0 radical (unpaired) electrons. The van der Waals surface area contributed by atoms with Crippen LogP contribution in [0.15, 0.2) is 47.7 Å². The Morgan fingerprint density at radius 2 is 1.96 bits per heavy atom. The first-order valence-corrected chi connectivity index (χ1v) is 7.08. The summed E-state index contributed by atoms with van der Waals surface area (Å²) in [4.78, 5) is 3.89. The van der Waals surface area contributed by atoms with Crippen molar-refractivity contribution in [2.45, 2.75) is 19.1 Å². The second kappa shape index (κ2) is 7.66. The van der Waals surface area contributed by atoms with Crippen molar-refractivity contribution in [3.05, 3.63) is 48.3 Å². The van der Waals surface area contributed by atoms with E-state index in [0.717, 1.165) is 11.3 Å². The van der Waals surface area contributed by atoms with Gasteiger partial charge in [0, 0.05) is 32.5 Å².